The number of thioether (sulfide) groups is 1. The molecule has 2 heterocycles. The van der Waals surface area contributed by atoms with Gasteiger partial charge in [0.05, 0.1) is 23.0 Å². The van der Waals surface area contributed by atoms with Crippen LogP contribution in [0.2, 0.25) is 5.02 Å². The quantitative estimate of drug-likeness (QED) is 0.368. The van der Waals surface area contributed by atoms with Crippen LogP contribution in [0.4, 0.5) is 5.69 Å². The lowest BCUT2D eigenvalue weighted by molar-refractivity contribution is -0.113. The number of carbonyl (C=O) groups is 1. The lowest BCUT2D eigenvalue weighted by atomic mass is 10.1. The number of rotatable bonds is 5. The Kier molecular flexibility index (Phi) is 5.51. The first kappa shape index (κ1) is 19.4. The van der Waals surface area contributed by atoms with Gasteiger partial charge >= 0.3 is 0 Å². The van der Waals surface area contributed by atoms with Crippen LogP contribution in [0.3, 0.4) is 0 Å². The van der Waals surface area contributed by atoms with Gasteiger partial charge in [-0.15, -0.1) is 0 Å². The number of benzene rings is 2. The van der Waals surface area contributed by atoms with Gasteiger partial charge in [0.2, 0.25) is 5.91 Å². The maximum atomic E-state index is 12.4. The summed E-state index contributed by atoms with van der Waals surface area (Å²) in [6.07, 6.45) is 3.20. The second kappa shape index (κ2) is 8.23. The van der Waals surface area contributed by atoms with Crippen molar-refractivity contribution in [1.82, 2.24) is 19.7 Å². The standard InChI is InChI=1S/C21H18ClN5OS/c1-13-3-8-18(14(2)9-13)26-19(28)11-29-21-17-10-25-27(20(17)23-12-24-21)16-6-4-15(22)5-7-16/h3-10,12H,11H2,1-2H3,(H,26,28). The third-order valence-corrected chi connectivity index (χ3v) is 5.65. The van der Waals surface area contributed by atoms with Crippen molar-refractivity contribution in [3.63, 3.8) is 0 Å². The molecule has 0 saturated carbocycles. The maximum absolute atomic E-state index is 12.4. The lowest BCUT2D eigenvalue weighted by Crippen LogP contribution is -2.15. The summed E-state index contributed by atoms with van der Waals surface area (Å²) in [7, 11) is 0. The first-order valence-electron chi connectivity index (χ1n) is 8.96. The van der Waals surface area contributed by atoms with Gasteiger partial charge in [0.25, 0.3) is 0 Å². The zero-order chi connectivity index (χ0) is 20.4. The molecule has 0 radical (unpaired) electrons. The molecule has 1 amide bonds. The second-order valence-electron chi connectivity index (χ2n) is 6.60. The number of fused-ring (bicyclic) bond motifs is 1. The highest BCUT2D eigenvalue weighted by Gasteiger charge is 2.13. The highest BCUT2D eigenvalue weighted by Crippen LogP contribution is 2.26. The van der Waals surface area contributed by atoms with Crippen LogP contribution in [0.15, 0.2) is 60.0 Å². The maximum Gasteiger partial charge on any atom is 0.234 e. The molecular weight excluding hydrogens is 406 g/mol. The van der Waals surface area contributed by atoms with E-state index in [1.807, 2.05) is 44.2 Å². The van der Waals surface area contributed by atoms with E-state index < -0.39 is 0 Å². The molecule has 0 atom stereocenters. The largest absolute Gasteiger partial charge is 0.325 e. The summed E-state index contributed by atoms with van der Waals surface area (Å²) < 4.78 is 1.73. The van der Waals surface area contributed by atoms with Crippen LogP contribution < -0.4 is 5.32 Å². The first-order chi connectivity index (χ1) is 14.0. The molecule has 0 spiro atoms. The van der Waals surface area contributed by atoms with Gasteiger partial charge in [-0.1, -0.05) is 41.1 Å². The van der Waals surface area contributed by atoms with E-state index in [0.717, 1.165) is 27.9 Å². The van der Waals surface area contributed by atoms with Gasteiger partial charge in [0.1, 0.15) is 11.4 Å². The van der Waals surface area contributed by atoms with Gasteiger partial charge in [0.15, 0.2) is 5.65 Å². The average molecular weight is 424 g/mol. The Morgan fingerprint density at radius 1 is 1.14 bits per heavy atom. The minimum atomic E-state index is -0.0844. The van der Waals surface area contributed by atoms with Crippen molar-refractivity contribution in [2.75, 3.05) is 11.1 Å². The summed E-state index contributed by atoms with van der Waals surface area (Å²) in [6.45, 7) is 4.01. The number of aromatic nitrogens is 4. The average Bonchev–Trinajstić information content (AvgIpc) is 3.14. The van der Waals surface area contributed by atoms with Crippen molar-refractivity contribution in [3.8, 4) is 5.69 Å². The third kappa shape index (κ3) is 4.26. The summed E-state index contributed by atoms with van der Waals surface area (Å²) in [5.41, 5.74) is 4.56. The van der Waals surface area contributed by atoms with Crippen LogP contribution in [0.25, 0.3) is 16.7 Å². The van der Waals surface area contributed by atoms with E-state index in [1.54, 1.807) is 23.0 Å². The summed E-state index contributed by atoms with van der Waals surface area (Å²) in [5.74, 6) is 0.157. The summed E-state index contributed by atoms with van der Waals surface area (Å²) in [6, 6.07) is 13.3. The van der Waals surface area contributed by atoms with Crippen LogP contribution in [0.5, 0.6) is 0 Å². The number of anilines is 1. The van der Waals surface area contributed by atoms with E-state index in [0.29, 0.717) is 15.7 Å². The Morgan fingerprint density at radius 2 is 1.93 bits per heavy atom. The zero-order valence-electron chi connectivity index (χ0n) is 15.9. The summed E-state index contributed by atoms with van der Waals surface area (Å²) in [4.78, 5) is 21.1. The van der Waals surface area contributed by atoms with Crippen molar-refractivity contribution in [3.05, 3.63) is 71.1 Å². The molecule has 0 aliphatic rings. The van der Waals surface area contributed by atoms with Crippen molar-refractivity contribution in [2.45, 2.75) is 18.9 Å². The van der Waals surface area contributed by atoms with Crippen molar-refractivity contribution >= 4 is 46.0 Å². The zero-order valence-corrected chi connectivity index (χ0v) is 17.5. The molecule has 0 saturated heterocycles. The number of aryl methyl sites for hydroxylation is 2. The molecule has 29 heavy (non-hydrogen) atoms. The minimum Gasteiger partial charge on any atom is -0.325 e. The van der Waals surface area contributed by atoms with Crippen LogP contribution in [0.1, 0.15) is 11.1 Å². The predicted octanol–water partition coefficient (Wildman–Crippen LogP) is 4.82. The normalized spacial score (nSPS) is 11.0. The van der Waals surface area contributed by atoms with Crippen LogP contribution in [-0.4, -0.2) is 31.4 Å². The van der Waals surface area contributed by atoms with E-state index in [1.165, 1.54) is 18.1 Å². The highest BCUT2D eigenvalue weighted by atomic mass is 35.5. The molecule has 0 unspecified atom stereocenters. The summed E-state index contributed by atoms with van der Waals surface area (Å²) >= 11 is 7.33. The number of nitrogens with zero attached hydrogens (tertiary/aromatic N) is 4. The van der Waals surface area contributed by atoms with Gasteiger partial charge in [-0.3, -0.25) is 4.79 Å². The molecule has 6 nitrogen and oxygen atoms in total. The molecule has 1 N–H and O–H groups in total. The number of amides is 1. The van der Waals surface area contributed by atoms with E-state index in [4.69, 9.17) is 11.6 Å². The van der Waals surface area contributed by atoms with Gasteiger partial charge in [-0.05, 0) is 49.7 Å². The van der Waals surface area contributed by atoms with Crippen molar-refractivity contribution < 1.29 is 4.79 Å². The minimum absolute atomic E-state index is 0.0844. The predicted molar refractivity (Wildman–Crippen MR) is 117 cm³/mol. The number of hydrogen-bond acceptors (Lipinski definition) is 5. The molecule has 4 aromatic rings. The van der Waals surface area contributed by atoms with Gasteiger partial charge in [0, 0.05) is 10.7 Å². The second-order valence-corrected chi connectivity index (χ2v) is 8.00. The smallest absolute Gasteiger partial charge is 0.234 e. The van der Waals surface area contributed by atoms with Gasteiger partial charge < -0.3 is 5.32 Å². The lowest BCUT2D eigenvalue weighted by Gasteiger charge is -2.09. The Balaban J connectivity index is 1.51. The number of nitrogens with one attached hydrogen (secondary N) is 1. The molecule has 4 rings (SSSR count). The number of halogens is 1. The number of carbonyl (C=O) groups excluding carboxylic acids is 1. The van der Waals surface area contributed by atoms with E-state index in [-0.39, 0.29) is 11.7 Å². The molecule has 8 heteroatoms. The van der Waals surface area contributed by atoms with Crippen molar-refractivity contribution in [2.24, 2.45) is 0 Å². The Labute approximate surface area is 177 Å². The Morgan fingerprint density at radius 3 is 2.69 bits per heavy atom. The molecule has 146 valence electrons. The molecule has 0 fully saturated rings. The molecule has 0 aliphatic carbocycles. The van der Waals surface area contributed by atoms with Crippen LogP contribution in [-0.2, 0) is 4.79 Å². The Bertz CT molecular complexity index is 1190. The monoisotopic (exact) mass is 423 g/mol. The fraction of sp³-hybridized carbons (Fsp3) is 0.143. The van der Waals surface area contributed by atoms with E-state index >= 15 is 0 Å². The van der Waals surface area contributed by atoms with Crippen LogP contribution >= 0.6 is 23.4 Å². The summed E-state index contributed by atoms with van der Waals surface area (Å²) in [5, 5.41) is 9.55. The first-order valence-corrected chi connectivity index (χ1v) is 10.3. The third-order valence-electron chi connectivity index (χ3n) is 4.40. The molecular formula is C21H18ClN5OS. The Hall–Kier alpha value is -2.90. The van der Waals surface area contributed by atoms with E-state index in [2.05, 4.69) is 20.4 Å². The molecule has 0 bridgehead atoms. The molecule has 2 aromatic heterocycles. The van der Waals surface area contributed by atoms with Crippen LogP contribution in [0, 0.1) is 13.8 Å². The number of hydrogen-bond donors (Lipinski definition) is 1. The fourth-order valence-electron chi connectivity index (χ4n) is 2.98. The van der Waals surface area contributed by atoms with Crippen molar-refractivity contribution in [1.29, 1.82) is 0 Å². The topological polar surface area (TPSA) is 72.7 Å². The molecule has 0 aliphatic heterocycles. The van der Waals surface area contributed by atoms with Gasteiger partial charge in [-0.2, -0.15) is 5.10 Å². The fourth-order valence-corrected chi connectivity index (χ4v) is 3.87. The SMILES string of the molecule is Cc1ccc(NC(=O)CSc2ncnc3c2cnn3-c2ccc(Cl)cc2)c(C)c1. The molecule has 2 aromatic carbocycles. The van der Waals surface area contributed by atoms with E-state index in [9.17, 15) is 4.79 Å². The highest BCUT2D eigenvalue weighted by molar-refractivity contribution is 8.00. The van der Waals surface area contributed by atoms with Gasteiger partial charge in [-0.25, -0.2) is 14.6 Å².